The van der Waals surface area contributed by atoms with Gasteiger partial charge < -0.3 is 0 Å². The largest absolute Gasteiger partial charge is 0.206 e. The molecule has 0 aromatic heterocycles. The highest BCUT2D eigenvalue weighted by atomic mass is 19.1. The van der Waals surface area contributed by atoms with E-state index >= 15 is 0 Å². The fourth-order valence-corrected chi connectivity index (χ4v) is 6.18. The Bertz CT molecular complexity index is 812. The molecule has 0 aliphatic heterocycles. The molecule has 2 aliphatic rings. The third-order valence-electron chi connectivity index (χ3n) is 7.81. The zero-order chi connectivity index (χ0) is 20.2. The molecule has 0 amide bonds. The van der Waals surface area contributed by atoms with E-state index in [0.29, 0.717) is 11.3 Å². The molecule has 29 heavy (non-hydrogen) atoms. The van der Waals surface area contributed by atoms with Crippen LogP contribution in [0.25, 0.3) is 10.8 Å². The van der Waals surface area contributed by atoms with Crippen molar-refractivity contribution < 1.29 is 8.78 Å². The second-order valence-electron chi connectivity index (χ2n) is 9.75. The van der Waals surface area contributed by atoms with Gasteiger partial charge in [-0.2, -0.15) is 0 Å². The summed E-state index contributed by atoms with van der Waals surface area (Å²) in [5.74, 6) is 2.20. The lowest BCUT2D eigenvalue weighted by molar-refractivity contribution is 0.113. The van der Waals surface area contributed by atoms with Gasteiger partial charge in [-0.25, -0.2) is 8.78 Å². The fourth-order valence-electron chi connectivity index (χ4n) is 6.18. The molecule has 2 heteroatoms. The molecule has 2 aliphatic carbocycles. The van der Waals surface area contributed by atoms with Crippen LogP contribution < -0.4 is 0 Å². The molecular weight excluding hydrogens is 362 g/mol. The summed E-state index contributed by atoms with van der Waals surface area (Å²) < 4.78 is 28.6. The Hall–Kier alpha value is -1.44. The molecule has 0 spiro atoms. The third-order valence-corrected chi connectivity index (χ3v) is 7.81. The molecule has 0 saturated heterocycles. The maximum Gasteiger partial charge on any atom is 0.134 e. The monoisotopic (exact) mass is 398 g/mol. The van der Waals surface area contributed by atoms with E-state index in [2.05, 4.69) is 6.92 Å². The van der Waals surface area contributed by atoms with Crippen LogP contribution in [0.5, 0.6) is 0 Å². The second kappa shape index (κ2) is 9.58. The van der Waals surface area contributed by atoms with Crippen molar-refractivity contribution in [3.8, 4) is 0 Å². The first-order valence-electron chi connectivity index (χ1n) is 12.0. The number of unbranched alkanes of at least 4 members (excludes halogenated alkanes) is 4. The minimum absolute atomic E-state index is 0.143. The second-order valence-corrected chi connectivity index (χ2v) is 9.75. The van der Waals surface area contributed by atoms with E-state index in [1.54, 1.807) is 12.1 Å². The van der Waals surface area contributed by atoms with Crippen molar-refractivity contribution in [2.45, 2.75) is 89.9 Å². The van der Waals surface area contributed by atoms with Crippen LogP contribution in [0.15, 0.2) is 30.3 Å². The van der Waals surface area contributed by atoms with E-state index in [0.717, 1.165) is 29.7 Å². The molecule has 0 nitrogen and oxygen atoms in total. The Kier molecular flexibility index (Phi) is 6.88. The first kappa shape index (κ1) is 20.8. The van der Waals surface area contributed by atoms with Gasteiger partial charge in [-0.3, -0.25) is 0 Å². The summed E-state index contributed by atoms with van der Waals surface area (Å²) >= 11 is 0. The van der Waals surface area contributed by atoms with Gasteiger partial charge in [-0.1, -0.05) is 70.1 Å². The molecule has 158 valence electrons. The van der Waals surface area contributed by atoms with Gasteiger partial charge >= 0.3 is 0 Å². The SMILES string of the molecule is CCCCCCCC1CCC2CC(c3cc(F)c4c(F)cccc4c3)CCC2C1. The van der Waals surface area contributed by atoms with E-state index in [1.807, 2.05) is 12.1 Å². The molecule has 2 aromatic carbocycles. The fraction of sp³-hybridized carbons (Fsp3) is 0.630. The zero-order valence-corrected chi connectivity index (χ0v) is 17.9. The molecule has 2 saturated carbocycles. The molecule has 2 fully saturated rings. The molecule has 0 heterocycles. The van der Waals surface area contributed by atoms with Gasteiger partial charge in [0.05, 0.1) is 5.39 Å². The lowest BCUT2D eigenvalue weighted by atomic mass is 9.63. The zero-order valence-electron chi connectivity index (χ0n) is 17.9. The van der Waals surface area contributed by atoms with Gasteiger partial charge in [0.1, 0.15) is 11.6 Å². The first-order chi connectivity index (χ1) is 14.2. The summed E-state index contributed by atoms with van der Waals surface area (Å²) in [5.41, 5.74) is 1.08. The summed E-state index contributed by atoms with van der Waals surface area (Å²) in [5, 5.41) is 0.846. The molecule has 0 N–H and O–H groups in total. The molecule has 4 unspecified atom stereocenters. The van der Waals surface area contributed by atoms with Crippen LogP contribution in [0.2, 0.25) is 0 Å². The van der Waals surface area contributed by atoms with Gasteiger partial charge in [-0.05, 0) is 78.9 Å². The molecule has 4 atom stereocenters. The Morgan fingerprint density at radius 3 is 2.48 bits per heavy atom. The van der Waals surface area contributed by atoms with Crippen LogP contribution in [-0.4, -0.2) is 0 Å². The van der Waals surface area contributed by atoms with Crippen molar-refractivity contribution in [1.82, 2.24) is 0 Å². The summed E-state index contributed by atoms with van der Waals surface area (Å²) in [6, 6.07) is 8.51. The lowest BCUT2D eigenvalue weighted by Crippen LogP contribution is -2.30. The Morgan fingerprint density at radius 1 is 0.828 bits per heavy atom. The van der Waals surface area contributed by atoms with Crippen molar-refractivity contribution in [2.75, 3.05) is 0 Å². The molecular formula is C27H36F2. The van der Waals surface area contributed by atoms with E-state index in [9.17, 15) is 8.78 Å². The summed E-state index contributed by atoms with van der Waals surface area (Å²) in [7, 11) is 0. The van der Waals surface area contributed by atoms with Crippen molar-refractivity contribution in [1.29, 1.82) is 0 Å². The van der Waals surface area contributed by atoms with Gasteiger partial charge in [0.2, 0.25) is 0 Å². The van der Waals surface area contributed by atoms with Crippen LogP contribution >= 0.6 is 0 Å². The lowest BCUT2D eigenvalue weighted by Gasteiger charge is -2.42. The van der Waals surface area contributed by atoms with E-state index in [1.165, 1.54) is 76.7 Å². The quantitative estimate of drug-likeness (QED) is 0.409. The van der Waals surface area contributed by atoms with E-state index in [-0.39, 0.29) is 5.39 Å². The number of halogens is 2. The number of hydrogen-bond acceptors (Lipinski definition) is 0. The standard InChI is InChI=1S/C27H36F2/c1-2-3-4-5-6-8-19-11-12-21-16-22(14-13-20(21)15-19)24-17-23-9-7-10-25(28)27(23)26(29)18-24/h7,9-10,17-22H,2-6,8,11-16H2,1H3. The number of benzene rings is 2. The maximum atomic E-state index is 14.6. The summed E-state index contributed by atoms with van der Waals surface area (Å²) in [6.07, 6.45) is 16.2. The van der Waals surface area contributed by atoms with Gasteiger partial charge in [0, 0.05) is 0 Å². The first-order valence-corrected chi connectivity index (χ1v) is 12.0. The van der Waals surface area contributed by atoms with Gasteiger partial charge in [-0.15, -0.1) is 0 Å². The molecule has 0 bridgehead atoms. The summed E-state index contributed by atoms with van der Waals surface area (Å²) in [4.78, 5) is 0. The van der Waals surface area contributed by atoms with Gasteiger partial charge in [0.25, 0.3) is 0 Å². The van der Waals surface area contributed by atoms with Crippen molar-refractivity contribution in [3.63, 3.8) is 0 Å². The van der Waals surface area contributed by atoms with Crippen LogP contribution in [0.3, 0.4) is 0 Å². The Labute approximate surface area is 175 Å². The average molecular weight is 399 g/mol. The molecule has 4 rings (SSSR count). The average Bonchev–Trinajstić information content (AvgIpc) is 2.73. The van der Waals surface area contributed by atoms with Crippen molar-refractivity contribution in [2.24, 2.45) is 17.8 Å². The van der Waals surface area contributed by atoms with Crippen LogP contribution in [0.4, 0.5) is 8.78 Å². The topological polar surface area (TPSA) is 0 Å². The van der Waals surface area contributed by atoms with E-state index < -0.39 is 11.6 Å². The molecule has 0 radical (unpaired) electrons. The van der Waals surface area contributed by atoms with Crippen molar-refractivity contribution >= 4 is 10.8 Å². The highest BCUT2D eigenvalue weighted by molar-refractivity contribution is 5.84. The summed E-state index contributed by atoms with van der Waals surface area (Å²) in [6.45, 7) is 2.28. The number of hydrogen-bond donors (Lipinski definition) is 0. The Balaban J connectivity index is 1.35. The smallest absolute Gasteiger partial charge is 0.134 e. The van der Waals surface area contributed by atoms with Crippen LogP contribution in [-0.2, 0) is 0 Å². The highest BCUT2D eigenvalue weighted by Crippen LogP contribution is 2.48. The van der Waals surface area contributed by atoms with Crippen LogP contribution in [0, 0.1) is 29.4 Å². The number of rotatable bonds is 7. The normalized spacial score (nSPS) is 27.1. The van der Waals surface area contributed by atoms with E-state index in [4.69, 9.17) is 0 Å². The number of fused-ring (bicyclic) bond motifs is 2. The Morgan fingerprint density at radius 2 is 1.62 bits per heavy atom. The predicted octanol–water partition coefficient (Wildman–Crippen LogP) is 8.78. The van der Waals surface area contributed by atoms with Gasteiger partial charge in [0.15, 0.2) is 0 Å². The predicted molar refractivity (Wildman–Crippen MR) is 118 cm³/mol. The highest BCUT2D eigenvalue weighted by Gasteiger charge is 2.36. The minimum atomic E-state index is -0.455. The maximum absolute atomic E-state index is 14.6. The van der Waals surface area contributed by atoms with Crippen molar-refractivity contribution in [3.05, 3.63) is 47.5 Å². The molecule has 2 aromatic rings. The minimum Gasteiger partial charge on any atom is -0.206 e. The van der Waals surface area contributed by atoms with Crippen LogP contribution in [0.1, 0.15) is 95.5 Å². The third kappa shape index (κ3) is 4.84.